The number of hydrogen-bond acceptors (Lipinski definition) is 3. The molecular weight excluding hydrogens is 288 g/mol. The molecule has 0 aromatic heterocycles. The summed E-state index contributed by atoms with van der Waals surface area (Å²) >= 11 is 0. The van der Waals surface area contributed by atoms with Gasteiger partial charge in [-0.1, -0.05) is 26.0 Å². The van der Waals surface area contributed by atoms with E-state index in [2.05, 4.69) is 19.2 Å². The lowest BCUT2D eigenvalue weighted by molar-refractivity contribution is 0.244. The summed E-state index contributed by atoms with van der Waals surface area (Å²) in [7, 11) is -1.29. The number of amides is 2. The Hall–Kier alpha value is -1.56. The topological polar surface area (TPSA) is 66.5 Å². The zero-order chi connectivity index (χ0) is 15.6. The van der Waals surface area contributed by atoms with Gasteiger partial charge in [0.15, 0.2) is 9.84 Å². The molecule has 0 radical (unpaired) electrons. The van der Waals surface area contributed by atoms with Gasteiger partial charge in [-0.3, -0.25) is 4.90 Å². The van der Waals surface area contributed by atoms with Gasteiger partial charge in [0, 0.05) is 18.8 Å². The summed E-state index contributed by atoms with van der Waals surface area (Å²) < 4.78 is 22.8. The second kappa shape index (κ2) is 6.05. The zero-order valence-electron chi connectivity index (χ0n) is 12.7. The Morgan fingerprint density at radius 1 is 1.38 bits per heavy atom. The van der Waals surface area contributed by atoms with Crippen LogP contribution in [0.25, 0.3) is 0 Å². The van der Waals surface area contributed by atoms with Gasteiger partial charge in [-0.2, -0.15) is 0 Å². The molecule has 1 aliphatic heterocycles. The second-order valence-corrected chi connectivity index (χ2v) is 8.09. The SMILES string of the molecule is CC(C)c1cccc(N(C)C(=O)N[C@@H]2CCS(=O)(=O)C2)c1. The minimum absolute atomic E-state index is 0.0403. The van der Waals surface area contributed by atoms with Crippen molar-refractivity contribution in [3.63, 3.8) is 0 Å². The molecule has 1 aliphatic rings. The highest BCUT2D eigenvalue weighted by atomic mass is 32.2. The van der Waals surface area contributed by atoms with E-state index in [1.165, 1.54) is 4.90 Å². The number of nitrogens with one attached hydrogen (secondary N) is 1. The Bertz CT molecular complexity index is 626. The molecular formula is C15H22N2O3S. The summed E-state index contributed by atoms with van der Waals surface area (Å²) in [5.41, 5.74) is 1.97. The second-order valence-electron chi connectivity index (χ2n) is 5.86. The summed E-state index contributed by atoms with van der Waals surface area (Å²) in [5.74, 6) is 0.588. The van der Waals surface area contributed by atoms with Gasteiger partial charge < -0.3 is 5.32 Å². The molecule has 5 nitrogen and oxygen atoms in total. The number of anilines is 1. The quantitative estimate of drug-likeness (QED) is 0.930. The molecule has 1 aromatic carbocycles. The fourth-order valence-corrected chi connectivity index (χ4v) is 4.06. The first-order valence-corrected chi connectivity index (χ1v) is 8.95. The molecule has 1 aromatic rings. The monoisotopic (exact) mass is 310 g/mol. The van der Waals surface area contributed by atoms with Gasteiger partial charge in [0.1, 0.15) is 0 Å². The predicted molar refractivity (Wildman–Crippen MR) is 84.5 cm³/mol. The Morgan fingerprint density at radius 3 is 2.67 bits per heavy atom. The highest BCUT2D eigenvalue weighted by Gasteiger charge is 2.29. The molecule has 116 valence electrons. The zero-order valence-corrected chi connectivity index (χ0v) is 13.5. The summed E-state index contributed by atoms with van der Waals surface area (Å²) in [6.07, 6.45) is 0.494. The van der Waals surface area contributed by atoms with Crippen molar-refractivity contribution in [3.05, 3.63) is 29.8 Å². The van der Waals surface area contributed by atoms with Gasteiger partial charge in [-0.05, 0) is 30.0 Å². The molecule has 2 amide bonds. The lowest BCUT2D eigenvalue weighted by Crippen LogP contribution is -2.43. The Morgan fingerprint density at radius 2 is 2.10 bits per heavy atom. The van der Waals surface area contributed by atoms with Gasteiger partial charge in [-0.25, -0.2) is 13.2 Å². The highest BCUT2D eigenvalue weighted by molar-refractivity contribution is 7.91. The lowest BCUT2D eigenvalue weighted by atomic mass is 10.0. The average molecular weight is 310 g/mol. The van der Waals surface area contributed by atoms with E-state index in [0.29, 0.717) is 12.3 Å². The van der Waals surface area contributed by atoms with Crippen LogP contribution in [0.3, 0.4) is 0 Å². The molecule has 1 atom stereocenters. The smallest absolute Gasteiger partial charge is 0.321 e. The van der Waals surface area contributed by atoms with Gasteiger partial charge >= 0.3 is 6.03 Å². The third kappa shape index (κ3) is 3.97. The van der Waals surface area contributed by atoms with Crippen molar-refractivity contribution in [2.45, 2.75) is 32.2 Å². The summed E-state index contributed by atoms with van der Waals surface area (Å²) in [6.45, 7) is 4.20. The Kier molecular flexibility index (Phi) is 4.56. The number of nitrogens with zero attached hydrogens (tertiary/aromatic N) is 1. The van der Waals surface area contributed by atoms with Crippen LogP contribution in [0.5, 0.6) is 0 Å². The molecule has 1 fully saturated rings. The van der Waals surface area contributed by atoms with E-state index in [9.17, 15) is 13.2 Å². The summed E-state index contributed by atoms with van der Waals surface area (Å²) in [6, 6.07) is 7.26. The molecule has 0 spiro atoms. The van der Waals surface area contributed by atoms with Gasteiger partial charge in [0.2, 0.25) is 0 Å². The lowest BCUT2D eigenvalue weighted by Gasteiger charge is -2.21. The average Bonchev–Trinajstić information content (AvgIpc) is 2.77. The van der Waals surface area contributed by atoms with Gasteiger partial charge in [-0.15, -0.1) is 0 Å². The third-order valence-electron chi connectivity index (χ3n) is 3.79. The number of sulfone groups is 1. The first kappa shape index (κ1) is 15.8. The molecule has 1 heterocycles. The number of benzene rings is 1. The van der Waals surface area contributed by atoms with Crippen molar-refractivity contribution < 1.29 is 13.2 Å². The number of hydrogen-bond donors (Lipinski definition) is 1. The maximum atomic E-state index is 12.2. The first-order valence-electron chi connectivity index (χ1n) is 7.13. The van der Waals surface area contributed by atoms with Crippen LogP contribution in [0.2, 0.25) is 0 Å². The van der Waals surface area contributed by atoms with Crippen LogP contribution >= 0.6 is 0 Å². The van der Waals surface area contributed by atoms with Crippen molar-refractivity contribution in [2.24, 2.45) is 0 Å². The Labute approximate surface area is 126 Å². The molecule has 2 rings (SSSR count). The van der Waals surface area contributed by atoms with Crippen LogP contribution in [-0.4, -0.2) is 39.0 Å². The van der Waals surface area contributed by atoms with E-state index < -0.39 is 9.84 Å². The largest absolute Gasteiger partial charge is 0.334 e. The van der Waals surface area contributed by atoms with Gasteiger partial charge in [0.25, 0.3) is 0 Å². The molecule has 0 aliphatic carbocycles. The molecule has 0 saturated carbocycles. The van der Waals surface area contributed by atoms with Crippen molar-refractivity contribution in [1.29, 1.82) is 0 Å². The third-order valence-corrected chi connectivity index (χ3v) is 5.56. The van der Waals surface area contributed by atoms with E-state index in [0.717, 1.165) is 11.3 Å². The fraction of sp³-hybridized carbons (Fsp3) is 0.533. The predicted octanol–water partition coefficient (Wildman–Crippen LogP) is 2.14. The van der Waals surface area contributed by atoms with Crippen molar-refractivity contribution >= 4 is 21.6 Å². The first-order chi connectivity index (χ1) is 9.78. The standard InChI is InChI=1S/C15H22N2O3S/c1-11(2)12-5-4-6-14(9-12)17(3)15(18)16-13-7-8-21(19,20)10-13/h4-6,9,11,13H,7-8,10H2,1-3H3,(H,16,18)/t13-/m1/s1. The molecule has 1 saturated heterocycles. The van der Waals surface area contributed by atoms with Gasteiger partial charge in [0.05, 0.1) is 11.5 Å². The fourth-order valence-electron chi connectivity index (χ4n) is 2.39. The molecule has 21 heavy (non-hydrogen) atoms. The van der Waals surface area contributed by atoms with E-state index >= 15 is 0 Å². The number of urea groups is 1. The number of carbonyl (C=O) groups excluding carboxylic acids is 1. The van der Waals surface area contributed by atoms with Crippen LogP contribution in [0, 0.1) is 0 Å². The summed E-state index contributed by atoms with van der Waals surface area (Å²) in [5, 5.41) is 2.79. The van der Waals surface area contributed by atoms with Crippen LogP contribution in [-0.2, 0) is 9.84 Å². The summed E-state index contributed by atoms with van der Waals surface area (Å²) in [4.78, 5) is 13.7. The highest BCUT2D eigenvalue weighted by Crippen LogP contribution is 2.21. The Balaban J connectivity index is 2.04. The van der Waals surface area contributed by atoms with Crippen LogP contribution < -0.4 is 10.2 Å². The minimum atomic E-state index is -2.98. The van der Waals surface area contributed by atoms with E-state index in [4.69, 9.17) is 0 Å². The van der Waals surface area contributed by atoms with Crippen molar-refractivity contribution in [1.82, 2.24) is 5.32 Å². The molecule has 1 N–H and O–H groups in total. The minimum Gasteiger partial charge on any atom is -0.334 e. The normalized spacial score (nSPS) is 20.5. The molecule has 0 bridgehead atoms. The van der Waals surface area contributed by atoms with Crippen molar-refractivity contribution in [2.75, 3.05) is 23.5 Å². The van der Waals surface area contributed by atoms with Crippen LogP contribution in [0.4, 0.5) is 10.5 Å². The van der Waals surface area contributed by atoms with Crippen LogP contribution in [0.15, 0.2) is 24.3 Å². The molecule has 6 heteroatoms. The van der Waals surface area contributed by atoms with E-state index in [1.807, 2.05) is 24.3 Å². The maximum Gasteiger partial charge on any atom is 0.321 e. The molecule has 0 unspecified atom stereocenters. The number of carbonyl (C=O) groups is 1. The van der Waals surface area contributed by atoms with E-state index in [-0.39, 0.29) is 23.6 Å². The van der Waals surface area contributed by atoms with Crippen molar-refractivity contribution in [3.8, 4) is 0 Å². The maximum absolute atomic E-state index is 12.2. The van der Waals surface area contributed by atoms with E-state index in [1.54, 1.807) is 7.05 Å². The number of rotatable bonds is 3. The van der Waals surface area contributed by atoms with Crippen LogP contribution in [0.1, 0.15) is 31.7 Å².